The summed E-state index contributed by atoms with van der Waals surface area (Å²) in [7, 11) is 0. The molecular formula is C7H4N2O3. The van der Waals surface area contributed by atoms with Gasteiger partial charge in [0.05, 0.1) is 0 Å². The van der Waals surface area contributed by atoms with Gasteiger partial charge in [-0.15, -0.1) is 0 Å². The SMILES string of the molecule is O=c1[nH]oc2cccnc2c1=O. The minimum absolute atomic E-state index is 0.0567. The zero-order valence-corrected chi connectivity index (χ0v) is 5.90. The van der Waals surface area contributed by atoms with Crippen LogP contribution in [0.25, 0.3) is 11.1 Å². The van der Waals surface area contributed by atoms with E-state index in [9.17, 15) is 9.59 Å². The minimum Gasteiger partial charge on any atom is -0.377 e. The highest BCUT2D eigenvalue weighted by Crippen LogP contribution is 2.00. The molecule has 12 heavy (non-hydrogen) atoms. The van der Waals surface area contributed by atoms with Gasteiger partial charge in [0, 0.05) is 6.20 Å². The molecule has 0 aliphatic rings. The van der Waals surface area contributed by atoms with Crippen LogP contribution in [-0.2, 0) is 0 Å². The molecule has 2 aromatic heterocycles. The van der Waals surface area contributed by atoms with Gasteiger partial charge in [0.2, 0.25) is 0 Å². The van der Waals surface area contributed by atoms with E-state index in [4.69, 9.17) is 4.52 Å². The Hall–Kier alpha value is -1.91. The highest BCUT2D eigenvalue weighted by atomic mass is 16.5. The van der Waals surface area contributed by atoms with E-state index in [-0.39, 0.29) is 11.1 Å². The molecule has 1 N–H and O–H groups in total. The average molecular weight is 164 g/mol. The van der Waals surface area contributed by atoms with Crippen molar-refractivity contribution in [2.45, 2.75) is 0 Å². The molecule has 0 aliphatic carbocycles. The van der Waals surface area contributed by atoms with Crippen molar-refractivity contribution in [3.63, 3.8) is 0 Å². The first-order valence-corrected chi connectivity index (χ1v) is 3.25. The molecule has 0 bridgehead atoms. The standard InChI is InChI=1S/C7H4N2O3/c10-6-5-4(2-1-3-8-5)12-9-7(6)11/h1-3H,(H,9,11). The van der Waals surface area contributed by atoms with Crippen LogP contribution in [-0.4, -0.2) is 10.1 Å². The first-order valence-electron chi connectivity index (χ1n) is 3.25. The molecule has 0 radical (unpaired) electrons. The molecule has 0 saturated carbocycles. The van der Waals surface area contributed by atoms with Crippen LogP contribution in [0.4, 0.5) is 0 Å². The molecule has 2 heterocycles. The normalized spacial score (nSPS) is 10.3. The molecule has 0 amide bonds. The van der Waals surface area contributed by atoms with Crippen LogP contribution in [0.5, 0.6) is 0 Å². The van der Waals surface area contributed by atoms with E-state index in [1.807, 2.05) is 5.16 Å². The predicted molar refractivity (Wildman–Crippen MR) is 40.9 cm³/mol. The molecule has 2 rings (SSSR count). The number of aromatic amines is 1. The van der Waals surface area contributed by atoms with Crippen LogP contribution in [0, 0.1) is 0 Å². The summed E-state index contributed by atoms with van der Waals surface area (Å²) in [4.78, 5) is 25.5. The fraction of sp³-hybridized carbons (Fsp3) is 0. The van der Waals surface area contributed by atoms with Crippen molar-refractivity contribution in [1.82, 2.24) is 10.1 Å². The average Bonchev–Trinajstić information content (AvgIpc) is 2.12. The molecule has 5 heteroatoms. The topological polar surface area (TPSA) is 76.0 Å². The number of pyridine rings is 1. The van der Waals surface area contributed by atoms with Gasteiger partial charge in [0.15, 0.2) is 11.1 Å². The number of hydrogen-bond acceptors (Lipinski definition) is 4. The zero-order valence-electron chi connectivity index (χ0n) is 5.90. The Morgan fingerprint density at radius 2 is 2.25 bits per heavy atom. The van der Waals surface area contributed by atoms with Crippen molar-refractivity contribution >= 4 is 11.1 Å². The molecule has 0 atom stereocenters. The highest BCUT2D eigenvalue weighted by molar-refractivity contribution is 5.69. The molecule has 0 spiro atoms. The Morgan fingerprint density at radius 3 is 3.08 bits per heavy atom. The van der Waals surface area contributed by atoms with Gasteiger partial charge in [0.1, 0.15) is 0 Å². The van der Waals surface area contributed by atoms with Gasteiger partial charge < -0.3 is 4.52 Å². The molecule has 0 aliphatic heterocycles. The summed E-state index contributed by atoms with van der Waals surface area (Å²) in [5.41, 5.74) is -1.12. The Labute approximate surface area is 65.6 Å². The van der Waals surface area contributed by atoms with Gasteiger partial charge in [0.25, 0.3) is 5.43 Å². The van der Waals surface area contributed by atoms with Crippen molar-refractivity contribution in [1.29, 1.82) is 0 Å². The Morgan fingerprint density at radius 1 is 1.42 bits per heavy atom. The fourth-order valence-corrected chi connectivity index (χ4v) is 0.899. The van der Waals surface area contributed by atoms with Gasteiger partial charge in [-0.2, -0.15) is 5.16 Å². The van der Waals surface area contributed by atoms with E-state index in [1.54, 1.807) is 12.1 Å². The molecule has 0 unspecified atom stereocenters. The Balaban J connectivity index is 3.11. The molecule has 0 saturated heterocycles. The first-order chi connectivity index (χ1) is 5.79. The number of nitrogens with zero attached hydrogens (tertiary/aromatic N) is 1. The molecule has 2 aromatic rings. The Bertz CT molecular complexity index is 526. The summed E-state index contributed by atoms with van der Waals surface area (Å²) in [6, 6.07) is 3.17. The van der Waals surface area contributed by atoms with Crippen molar-refractivity contribution in [2.75, 3.05) is 0 Å². The largest absolute Gasteiger partial charge is 0.377 e. The zero-order chi connectivity index (χ0) is 8.55. The maximum Gasteiger partial charge on any atom is 0.326 e. The first kappa shape index (κ1) is 6.78. The van der Waals surface area contributed by atoms with Gasteiger partial charge in [-0.05, 0) is 12.1 Å². The van der Waals surface area contributed by atoms with Gasteiger partial charge in [-0.25, -0.2) is 4.98 Å². The van der Waals surface area contributed by atoms with Crippen LogP contribution < -0.4 is 11.0 Å². The van der Waals surface area contributed by atoms with Crippen LogP contribution in [0.2, 0.25) is 0 Å². The summed E-state index contributed by atoms with van der Waals surface area (Å²) < 4.78 is 4.72. The van der Waals surface area contributed by atoms with Crippen LogP contribution in [0.1, 0.15) is 0 Å². The van der Waals surface area contributed by atoms with Gasteiger partial charge in [-0.1, -0.05) is 0 Å². The third-order valence-corrected chi connectivity index (χ3v) is 1.45. The van der Waals surface area contributed by atoms with E-state index in [2.05, 4.69) is 4.98 Å². The van der Waals surface area contributed by atoms with Gasteiger partial charge in [-0.3, -0.25) is 9.59 Å². The minimum atomic E-state index is -0.791. The van der Waals surface area contributed by atoms with Gasteiger partial charge >= 0.3 is 5.56 Å². The number of nitrogens with one attached hydrogen (secondary N) is 1. The molecular weight excluding hydrogens is 160 g/mol. The van der Waals surface area contributed by atoms with Crippen LogP contribution >= 0.6 is 0 Å². The second kappa shape index (κ2) is 2.30. The number of aromatic nitrogens is 2. The second-order valence-electron chi connectivity index (χ2n) is 2.21. The summed E-state index contributed by atoms with van der Waals surface area (Å²) in [6.45, 7) is 0. The number of rotatable bonds is 0. The van der Waals surface area contributed by atoms with E-state index >= 15 is 0 Å². The van der Waals surface area contributed by atoms with Crippen molar-refractivity contribution in [3.8, 4) is 0 Å². The van der Waals surface area contributed by atoms with Crippen molar-refractivity contribution in [2.24, 2.45) is 0 Å². The molecule has 0 aromatic carbocycles. The van der Waals surface area contributed by atoms with E-state index < -0.39 is 11.0 Å². The highest BCUT2D eigenvalue weighted by Gasteiger charge is 2.03. The smallest absolute Gasteiger partial charge is 0.326 e. The summed E-state index contributed by atoms with van der Waals surface area (Å²) in [6.07, 6.45) is 1.43. The quantitative estimate of drug-likeness (QED) is 0.550. The van der Waals surface area contributed by atoms with E-state index in [1.165, 1.54) is 6.20 Å². The van der Waals surface area contributed by atoms with E-state index in [0.29, 0.717) is 0 Å². The van der Waals surface area contributed by atoms with E-state index in [0.717, 1.165) is 0 Å². The second-order valence-corrected chi connectivity index (χ2v) is 2.21. The lowest BCUT2D eigenvalue weighted by atomic mass is 10.4. The predicted octanol–water partition coefficient (Wildman–Crippen LogP) is -0.124. The summed E-state index contributed by atoms with van der Waals surface area (Å²) in [5.74, 6) is 0. The maximum atomic E-state index is 11.1. The molecule has 60 valence electrons. The maximum absolute atomic E-state index is 11.1. The number of fused-ring (bicyclic) bond motifs is 1. The monoisotopic (exact) mass is 164 g/mol. The third-order valence-electron chi connectivity index (χ3n) is 1.45. The third kappa shape index (κ3) is 0.833. The fourth-order valence-electron chi connectivity index (χ4n) is 0.899. The van der Waals surface area contributed by atoms with Crippen molar-refractivity contribution < 1.29 is 4.52 Å². The lowest BCUT2D eigenvalue weighted by Gasteiger charge is -1.90. The summed E-state index contributed by atoms with van der Waals surface area (Å²) >= 11 is 0. The summed E-state index contributed by atoms with van der Waals surface area (Å²) in [5, 5.41) is 1.96. The number of hydrogen-bond donors (Lipinski definition) is 1. The van der Waals surface area contributed by atoms with Crippen LogP contribution in [0.15, 0.2) is 32.4 Å². The van der Waals surface area contributed by atoms with Crippen LogP contribution in [0.3, 0.4) is 0 Å². The van der Waals surface area contributed by atoms with Crippen molar-refractivity contribution in [3.05, 3.63) is 38.9 Å². The molecule has 0 fully saturated rings. The Kier molecular flexibility index (Phi) is 1.30. The number of H-pyrrole nitrogens is 1. The lowest BCUT2D eigenvalue weighted by Crippen LogP contribution is -2.26. The lowest BCUT2D eigenvalue weighted by molar-refractivity contribution is 0.429. The molecule has 5 nitrogen and oxygen atoms in total.